The molecule has 0 radical (unpaired) electrons. The maximum atomic E-state index is 9.84. The van der Waals surface area contributed by atoms with E-state index in [4.69, 9.17) is 0 Å². The van der Waals surface area contributed by atoms with Gasteiger partial charge in [0.15, 0.2) is 0 Å². The minimum Gasteiger partial charge on any atom is -0.389 e. The predicted octanol–water partition coefficient (Wildman–Crippen LogP) is 1.70. The molecule has 0 saturated heterocycles. The minimum absolute atomic E-state index is 0.512. The van der Waals surface area contributed by atoms with E-state index < -0.39 is 5.60 Å². The number of aliphatic hydroxyl groups is 1. The highest BCUT2D eigenvalue weighted by molar-refractivity contribution is 4.83. The van der Waals surface area contributed by atoms with Gasteiger partial charge in [-0.25, -0.2) is 0 Å². The summed E-state index contributed by atoms with van der Waals surface area (Å²) in [6, 6.07) is 0. The molecule has 0 aromatic rings. The van der Waals surface area contributed by atoms with Gasteiger partial charge in [-0.3, -0.25) is 0 Å². The molecule has 0 aromatic carbocycles. The van der Waals surface area contributed by atoms with E-state index in [0.717, 1.165) is 19.4 Å². The van der Waals surface area contributed by atoms with E-state index in [1.54, 1.807) is 0 Å². The van der Waals surface area contributed by atoms with E-state index >= 15 is 0 Å². The van der Waals surface area contributed by atoms with Crippen LogP contribution < -0.4 is 5.32 Å². The number of nitrogens with one attached hydrogen (secondary N) is 1. The third kappa shape index (κ3) is 4.52. The minimum atomic E-state index is -0.512. The summed E-state index contributed by atoms with van der Waals surface area (Å²) in [5.74, 6) is 0. The summed E-state index contributed by atoms with van der Waals surface area (Å²) < 4.78 is 0. The first-order valence-corrected chi connectivity index (χ1v) is 4.72. The summed E-state index contributed by atoms with van der Waals surface area (Å²) in [5, 5.41) is 13.0. The smallest absolute Gasteiger partial charge is 0.0766 e. The Labute approximate surface area is 75.7 Å². The zero-order valence-corrected chi connectivity index (χ0v) is 8.43. The number of hydrogen-bond donors (Lipinski definition) is 2. The van der Waals surface area contributed by atoms with Gasteiger partial charge in [0.2, 0.25) is 0 Å². The lowest BCUT2D eigenvalue weighted by molar-refractivity contribution is 0.0335. The third-order valence-corrected chi connectivity index (χ3v) is 2.27. The van der Waals surface area contributed by atoms with E-state index in [1.165, 1.54) is 0 Å². The molecule has 0 bridgehead atoms. The molecule has 12 heavy (non-hydrogen) atoms. The molecule has 0 spiro atoms. The summed E-state index contributed by atoms with van der Waals surface area (Å²) in [6.07, 6.45) is 5.67. The van der Waals surface area contributed by atoms with Crippen molar-refractivity contribution in [1.29, 1.82) is 0 Å². The van der Waals surface area contributed by atoms with Crippen LogP contribution in [0, 0.1) is 0 Å². The lowest BCUT2D eigenvalue weighted by Gasteiger charge is -2.25. The summed E-state index contributed by atoms with van der Waals surface area (Å²) in [5.41, 5.74) is -0.512. The van der Waals surface area contributed by atoms with Crippen LogP contribution in [0.4, 0.5) is 0 Å². The van der Waals surface area contributed by atoms with E-state index in [-0.39, 0.29) is 0 Å². The van der Waals surface area contributed by atoms with Gasteiger partial charge in [0.05, 0.1) is 5.60 Å². The summed E-state index contributed by atoms with van der Waals surface area (Å²) in [7, 11) is 0. The Bertz CT molecular complexity index is 128. The second-order valence-corrected chi connectivity index (χ2v) is 3.13. The molecule has 0 aliphatic heterocycles. The Morgan fingerprint density at radius 3 is 2.33 bits per heavy atom. The van der Waals surface area contributed by atoms with Gasteiger partial charge in [0.25, 0.3) is 0 Å². The second kappa shape index (κ2) is 6.21. The van der Waals surface area contributed by atoms with Gasteiger partial charge in [-0.05, 0) is 19.8 Å². The van der Waals surface area contributed by atoms with Gasteiger partial charge in [0, 0.05) is 13.1 Å². The van der Waals surface area contributed by atoms with E-state index in [0.29, 0.717) is 6.54 Å². The molecule has 0 atom stereocenters. The fraction of sp³-hybridized carbons (Fsp3) is 0.800. The highest BCUT2D eigenvalue weighted by Crippen LogP contribution is 2.12. The van der Waals surface area contributed by atoms with Crippen molar-refractivity contribution >= 4 is 0 Å². The molecule has 0 aliphatic rings. The van der Waals surface area contributed by atoms with Gasteiger partial charge in [0.1, 0.15) is 0 Å². The molecule has 0 heterocycles. The maximum absolute atomic E-state index is 9.84. The standard InChI is InChI=1S/C10H21NO/c1-4-7-8-11-9-10(12,5-2)6-3/h4,7,11-12H,5-6,8-9H2,1-3H3/b7-4+. The van der Waals surface area contributed by atoms with Crippen LogP contribution in [-0.2, 0) is 0 Å². The average molecular weight is 171 g/mol. The van der Waals surface area contributed by atoms with Crippen molar-refractivity contribution in [2.45, 2.75) is 39.2 Å². The molecule has 2 nitrogen and oxygen atoms in total. The zero-order chi connectivity index (χ0) is 9.45. The summed E-state index contributed by atoms with van der Waals surface area (Å²) >= 11 is 0. The molecule has 2 N–H and O–H groups in total. The Morgan fingerprint density at radius 1 is 1.33 bits per heavy atom. The van der Waals surface area contributed by atoms with Crippen LogP contribution in [0.5, 0.6) is 0 Å². The Kier molecular flexibility index (Phi) is 6.03. The number of rotatable bonds is 6. The van der Waals surface area contributed by atoms with Crippen LogP contribution in [0.1, 0.15) is 33.6 Å². The molecule has 0 aliphatic carbocycles. The van der Waals surface area contributed by atoms with Crippen LogP contribution in [0.2, 0.25) is 0 Å². The molecule has 0 rings (SSSR count). The molecule has 2 heteroatoms. The first-order chi connectivity index (χ1) is 5.68. The SMILES string of the molecule is C/C=C/CNCC(O)(CC)CC. The van der Waals surface area contributed by atoms with Crippen LogP contribution in [0.25, 0.3) is 0 Å². The maximum Gasteiger partial charge on any atom is 0.0766 e. The van der Waals surface area contributed by atoms with Gasteiger partial charge >= 0.3 is 0 Å². The first-order valence-electron chi connectivity index (χ1n) is 4.72. The average Bonchev–Trinajstić information content (AvgIpc) is 2.12. The van der Waals surface area contributed by atoms with Crippen molar-refractivity contribution in [3.8, 4) is 0 Å². The second-order valence-electron chi connectivity index (χ2n) is 3.13. The Morgan fingerprint density at radius 2 is 1.92 bits per heavy atom. The monoisotopic (exact) mass is 171 g/mol. The van der Waals surface area contributed by atoms with Crippen LogP contribution >= 0.6 is 0 Å². The first kappa shape index (κ1) is 11.7. The normalized spacial score (nSPS) is 12.7. The lowest BCUT2D eigenvalue weighted by atomic mass is 9.98. The van der Waals surface area contributed by atoms with Crippen LogP contribution in [0.15, 0.2) is 12.2 Å². The third-order valence-electron chi connectivity index (χ3n) is 2.27. The van der Waals surface area contributed by atoms with Gasteiger partial charge in [-0.15, -0.1) is 0 Å². The molecular formula is C10H21NO. The molecule has 0 aromatic heterocycles. The molecule has 0 unspecified atom stereocenters. The van der Waals surface area contributed by atoms with Gasteiger partial charge in [-0.2, -0.15) is 0 Å². The molecule has 0 saturated carbocycles. The van der Waals surface area contributed by atoms with Crippen LogP contribution in [-0.4, -0.2) is 23.8 Å². The van der Waals surface area contributed by atoms with Crippen molar-refractivity contribution in [2.24, 2.45) is 0 Å². The molecule has 0 amide bonds. The largest absolute Gasteiger partial charge is 0.389 e. The van der Waals surface area contributed by atoms with Crippen molar-refractivity contribution in [2.75, 3.05) is 13.1 Å². The summed E-state index contributed by atoms with van der Waals surface area (Å²) in [6.45, 7) is 7.55. The zero-order valence-electron chi connectivity index (χ0n) is 8.43. The van der Waals surface area contributed by atoms with Crippen LogP contribution in [0.3, 0.4) is 0 Å². The fourth-order valence-corrected chi connectivity index (χ4v) is 1.01. The molecule has 72 valence electrons. The van der Waals surface area contributed by atoms with Crippen molar-refractivity contribution < 1.29 is 5.11 Å². The van der Waals surface area contributed by atoms with Crippen molar-refractivity contribution in [1.82, 2.24) is 5.32 Å². The van der Waals surface area contributed by atoms with E-state index in [2.05, 4.69) is 5.32 Å². The van der Waals surface area contributed by atoms with Crippen molar-refractivity contribution in [3.63, 3.8) is 0 Å². The summed E-state index contributed by atoms with van der Waals surface area (Å²) in [4.78, 5) is 0. The topological polar surface area (TPSA) is 32.3 Å². The van der Waals surface area contributed by atoms with Gasteiger partial charge < -0.3 is 10.4 Å². The Hall–Kier alpha value is -0.340. The van der Waals surface area contributed by atoms with Gasteiger partial charge in [-0.1, -0.05) is 26.0 Å². The predicted molar refractivity (Wildman–Crippen MR) is 53.2 cm³/mol. The molecule has 0 fully saturated rings. The molecular weight excluding hydrogens is 150 g/mol. The number of allylic oxidation sites excluding steroid dienone is 1. The quantitative estimate of drug-likeness (QED) is 0.471. The Balaban J connectivity index is 3.58. The fourth-order valence-electron chi connectivity index (χ4n) is 1.01. The lowest BCUT2D eigenvalue weighted by Crippen LogP contribution is -2.39. The van der Waals surface area contributed by atoms with Crippen molar-refractivity contribution in [3.05, 3.63) is 12.2 Å². The number of hydrogen-bond acceptors (Lipinski definition) is 2. The van der Waals surface area contributed by atoms with E-state index in [9.17, 15) is 5.11 Å². The highest BCUT2D eigenvalue weighted by atomic mass is 16.3. The van der Waals surface area contributed by atoms with E-state index in [1.807, 2.05) is 32.9 Å². The highest BCUT2D eigenvalue weighted by Gasteiger charge is 2.20.